The average Bonchev–Trinajstić information content (AvgIpc) is 3.61. The van der Waals surface area contributed by atoms with Crippen molar-refractivity contribution in [3.8, 4) is 16.9 Å². The van der Waals surface area contributed by atoms with Crippen molar-refractivity contribution in [3.63, 3.8) is 0 Å². The Morgan fingerprint density at radius 1 is 0.949 bits per heavy atom. The number of ether oxygens (including phenoxy) is 1. The minimum absolute atomic E-state index is 0.319. The molecule has 206 valence electrons. The molecule has 1 aliphatic heterocycles. The quantitative estimate of drug-likeness (QED) is 0.218. The molecule has 1 heterocycles. The fourth-order valence-electron chi connectivity index (χ4n) is 4.69. The summed E-state index contributed by atoms with van der Waals surface area (Å²) in [5, 5.41) is 0.769. The SMILES string of the molecule is CC(C)c1ccc(-c2ccc(C(=O)C(N)=O)cc2)cc1.Clc1cc(CCCN2CCCC2)ccc1OC1CC1. The van der Waals surface area contributed by atoms with E-state index in [1.165, 1.54) is 62.9 Å². The lowest BCUT2D eigenvalue weighted by atomic mass is 9.98. The number of ketones is 1. The molecular weight excluding hydrogens is 508 g/mol. The van der Waals surface area contributed by atoms with Gasteiger partial charge in [-0.25, -0.2) is 0 Å². The second kappa shape index (κ2) is 13.8. The monoisotopic (exact) mass is 546 g/mol. The molecule has 1 saturated heterocycles. The Morgan fingerprint density at radius 3 is 2.10 bits per heavy atom. The van der Waals surface area contributed by atoms with Crippen molar-refractivity contribution < 1.29 is 14.3 Å². The van der Waals surface area contributed by atoms with E-state index in [0.29, 0.717) is 17.6 Å². The van der Waals surface area contributed by atoms with E-state index >= 15 is 0 Å². The van der Waals surface area contributed by atoms with Gasteiger partial charge in [-0.2, -0.15) is 0 Å². The first-order valence-electron chi connectivity index (χ1n) is 14.0. The molecule has 2 fully saturated rings. The summed E-state index contributed by atoms with van der Waals surface area (Å²) in [5.41, 5.74) is 9.98. The van der Waals surface area contributed by atoms with Gasteiger partial charge in [-0.15, -0.1) is 0 Å². The Labute approximate surface area is 237 Å². The molecule has 0 aromatic heterocycles. The first-order valence-corrected chi connectivity index (χ1v) is 14.4. The second-order valence-electron chi connectivity index (χ2n) is 10.8. The molecule has 0 spiro atoms. The van der Waals surface area contributed by atoms with E-state index in [0.717, 1.165) is 28.3 Å². The molecule has 0 radical (unpaired) electrons. The van der Waals surface area contributed by atoms with Crippen molar-refractivity contribution >= 4 is 23.3 Å². The van der Waals surface area contributed by atoms with Crippen molar-refractivity contribution in [1.82, 2.24) is 4.90 Å². The van der Waals surface area contributed by atoms with Crippen LogP contribution in [0.3, 0.4) is 0 Å². The maximum atomic E-state index is 11.4. The minimum atomic E-state index is -0.931. The van der Waals surface area contributed by atoms with E-state index < -0.39 is 11.7 Å². The molecule has 5 nitrogen and oxygen atoms in total. The third kappa shape index (κ3) is 8.67. The lowest BCUT2D eigenvalue weighted by Crippen LogP contribution is -2.22. The summed E-state index contributed by atoms with van der Waals surface area (Å²) < 4.78 is 5.76. The van der Waals surface area contributed by atoms with E-state index in [9.17, 15) is 9.59 Å². The molecule has 0 atom stereocenters. The number of halogens is 1. The molecule has 0 bridgehead atoms. The van der Waals surface area contributed by atoms with Crippen LogP contribution in [0.15, 0.2) is 66.7 Å². The summed E-state index contributed by atoms with van der Waals surface area (Å²) in [4.78, 5) is 24.8. The predicted octanol–water partition coefficient (Wildman–Crippen LogP) is 7.05. The normalized spacial score (nSPS) is 15.1. The molecule has 3 aromatic rings. The van der Waals surface area contributed by atoms with Crippen LogP contribution in [0.4, 0.5) is 0 Å². The highest BCUT2D eigenvalue weighted by atomic mass is 35.5. The number of carbonyl (C=O) groups excluding carboxylic acids is 2. The molecule has 1 aliphatic carbocycles. The van der Waals surface area contributed by atoms with Crippen LogP contribution in [0.5, 0.6) is 5.75 Å². The van der Waals surface area contributed by atoms with Gasteiger partial charge in [0.25, 0.3) is 5.91 Å². The van der Waals surface area contributed by atoms with E-state index in [1.807, 2.05) is 18.2 Å². The van der Waals surface area contributed by atoms with Crippen LogP contribution in [0.2, 0.25) is 5.02 Å². The van der Waals surface area contributed by atoms with Crippen LogP contribution in [-0.4, -0.2) is 42.3 Å². The van der Waals surface area contributed by atoms with Crippen molar-refractivity contribution in [1.29, 1.82) is 0 Å². The van der Waals surface area contributed by atoms with Gasteiger partial charge in [-0.05, 0) is 98.5 Å². The molecule has 6 heteroatoms. The van der Waals surface area contributed by atoms with Gasteiger partial charge >= 0.3 is 0 Å². The first-order chi connectivity index (χ1) is 18.8. The highest BCUT2D eigenvalue weighted by molar-refractivity contribution is 6.42. The number of nitrogens with zero attached hydrogens (tertiary/aromatic N) is 1. The Balaban J connectivity index is 0.000000181. The molecule has 2 N–H and O–H groups in total. The molecule has 5 rings (SSSR count). The third-order valence-corrected chi connectivity index (χ3v) is 7.53. The van der Waals surface area contributed by atoms with Crippen molar-refractivity contribution in [3.05, 3.63) is 88.4 Å². The molecule has 39 heavy (non-hydrogen) atoms. The van der Waals surface area contributed by atoms with Crippen LogP contribution in [0.25, 0.3) is 11.1 Å². The van der Waals surface area contributed by atoms with Gasteiger partial charge in [-0.3, -0.25) is 9.59 Å². The summed E-state index contributed by atoms with van der Waals surface area (Å²) in [6, 6.07) is 21.5. The minimum Gasteiger partial charge on any atom is -0.489 e. The van der Waals surface area contributed by atoms with Crippen LogP contribution in [-0.2, 0) is 11.2 Å². The number of rotatable bonds is 10. The van der Waals surface area contributed by atoms with Crippen molar-refractivity contribution in [2.24, 2.45) is 5.73 Å². The van der Waals surface area contributed by atoms with E-state index in [1.54, 1.807) is 12.1 Å². The average molecular weight is 547 g/mol. The number of primary amides is 1. The predicted molar refractivity (Wildman–Crippen MR) is 159 cm³/mol. The summed E-state index contributed by atoms with van der Waals surface area (Å²) in [5.74, 6) is -0.238. The van der Waals surface area contributed by atoms with Gasteiger partial charge in [0, 0.05) is 5.56 Å². The van der Waals surface area contributed by atoms with Crippen LogP contribution in [0.1, 0.15) is 73.4 Å². The summed E-state index contributed by atoms with van der Waals surface area (Å²) in [7, 11) is 0. The highest BCUT2D eigenvalue weighted by Crippen LogP contribution is 2.32. The fourth-order valence-corrected chi connectivity index (χ4v) is 4.94. The number of hydrogen-bond donors (Lipinski definition) is 1. The Bertz CT molecular complexity index is 1240. The van der Waals surface area contributed by atoms with Crippen molar-refractivity contribution in [2.75, 3.05) is 19.6 Å². The lowest BCUT2D eigenvalue weighted by molar-refractivity contribution is -0.114. The van der Waals surface area contributed by atoms with Gasteiger partial charge in [0.1, 0.15) is 5.75 Å². The van der Waals surface area contributed by atoms with Crippen LogP contribution in [0, 0.1) is 0 Å². The zero-order valence-corrected chi connectivity index (χ0v) is 23.8. The van der Waals surface area contributed by atoms with Crippen LogP contribution < -0.4 is 10.5 Å². The molecule has 2 aliphatic rings. The first kappa shape index (κ1) is 28.8. The lowest BCUT2D eigenvalue weighted by Gasteiger charge is -2.14. The molecule has 3 aromatic carbocycles. The van der Waals surface area contributed by atoms with E-state index in [2.05, 4.69) is 55.1 Å². The zero-order chi connectivity index (χ0) is 27.8. The topological polar surface area (TPSA) is 72.6 Å². The number of benzene rings is 3. The smallest absolute Gasteiger partial charge is 0.289 e. The largest absolute Gasteiger partial charge is 0.489 e. The Hall–Kier alpha value is -3.15. The Morgan fingerprint density at radius 2 is 1.56 bits per heavy atom. The van der Waals surface area contributed by atoms with Gasteiger partial charge in [-0.1, -0.05) is 80.0 Å². The van der Waals surface area contributed by atoms with Gasteiger partial charge in [0.15, 0.2) is 0 Å². The van der Waals surface area contributed by atoms with E-state index in [-0.39, 0.29) is 0 Å². The fraction of sp³-hybridized carbons (Fsp3) is 0.394. The molecule has 1 saturated carbocycles. The Kier molecular flexibility index (Phi) is 10.2. The number of Topliss-reactive ketones (excluding diaryl/α,β-unsaturated/α-hetero) is 1. The maximum Gasteiger partial charge on any atom is 0.289 e. The molecular formula is C33H39ClN2O3. The van der Waals surface area contributed by atoms with Crippen LogP contribution >= 0.6 is 11.6 Å². The van der Waals surface area contributed by atoms with Crippen molar-refractivity contribution in [2.45, 2.75) is 64.4 Å². The zero-order valence-electron chi connectivity index (χ0n) is 23.0. The number of aryl methyl sites for hydroxylation is 1. The number of nitrogens with two attached hydrogens (primary N) is 1. The molecule has 1 amide bonds. The highest BCUT2D eigenvalue weighted by Gasteiger charge is 2.24. The standard InChI is InChI=1S/C17H17NO2.C16H22ClNO/c1-11(2)12-3-5-13(6-4-12)14-7-9-15(10-8-14)16(19)17(18)20;17-15-12-13(4-3-11-18-9-1-2-10-18)5-8-16(15)19-14-6-7-14/h3-11H,1-2H3,(H2,18,20);5,8,12,14H,1-4,6-7,9-11H2. The van der Waals surface area contributed by atoms with Gasteiger partial charge in [0.2, 0.25) is 5.78 Å². The molecule has 0 unspecified atom stereocenters. The van der Waals surface area contributed by atoms with Gasteiger partial charge < -0.3 is 15.4 Å². The third-order valence-electron chi connectivity index (χ3n) is 7.23. The summed E-state index contributed by atoms with van der Waals surface area (Å²) >= 11 is 6.27. The summed E-state index contributed by atoms with van der Waals surface area (Å²) in [6.45, 7) is 8.10. The van der Waals surface area contributed by atoms with Gasteiger partial charge in [0.05, 0.1) is 11.1 Å². The van der Waals surface area contributed by atoms with E-state index in [4.69, 9.17) is 22.1 Å². The number of hydrogen-bond acceptors (Lipinski definition) is 4. The number of likely N-dealkylation sites (tertiary alicyclic amines) is 1. The summed E-state index contributed by atoms with van der Waals surface area (Å²) in [6.07, 6.45) is 7.84. The number of carbonyl (C=O) groups is 2. The maximum absolute atomic E-state index is 11.4. The second-order valence-corrected chi connectivity index (χ2v) is 11.2. The number of amides is 1.